The van der Waals surface area contributed by atoms with Gasteiger partial charge in [0.25, 0.3) is 0 Å². The van der Waals surface area contributed by atoms with Gasteiger partial charge in [-0.15, -0.1) is 0 Å². The van der Waals surface area contributed by atoms with Crippen LogP contribution in [-0.2, 0) is 4.74 Å². The molecule has 2 aliphatic rings. The lowest BCUT2D eigenvalue weighted by Gasteiger charge is -2.44. The summed E-state index contributed by atoms with van der Waals surface area (Å²) in [5.74, 6) is 2.53. The lowest BCUT2D eigenvalue weighted by atomic mass is 9.78. The molecule has 0 radical (unpaired) electrons. The van der Waals surface area contributed by atoms with E-state index in [-0.39, 0.29) is 5.60 Å². The van der Waals surface area contributed by atoms with Gasteiger partial charge in [-0.2, -0.15) is 11.8 Å². The summed E-state index contributed by atoms with van der Waals surface area (Å²) in [4.78, 5) is 0. The second kappa shape index (κ2) is 7.90. The predicted octanol–water partition coefficient (Wildman–Crippen LogP) is 3.99. The first-order valence-corrected chi connectivity index (χ1v) is 9.37. The van der Waals surface area contributed by atoms with Crippen molar-refractivity contribution in [1.29, 1.82) is 0 Å². The Labute approximate surface area is 123 Å². The molecule has 1 saturated heterocycles. The molecule has 1 aliphatic heterocycles. The molecule has 112 valence electrons. The normalized spacial score (nSPS) is 28.4. The highest BCUT2D eigenvalue weighted by Crippen LogP contribution is 2.38. The van der Waals surface area contributed by atoms with Gasteiger partial charge in [-0.25, -0.2) is 0 Å². The van der Waals surface area contributed by atoms with E-state index < -0.39 is 0 Å². The van der Waals surface area contributed by atoms with Gasteiger partial charge in [0.1, 0.15) is 0 Å². The summed E-state index contributed by atoms with van der Waals surface area (Å²) in [6, 6.07) is 1.34. The molecule has 2 rings (SSSR count). The Balaban J connectivity index is 1.74. The van der Waals surface area contributed by atoms with Gasteiger partial charge in [-0.3, -0.25) is 0 Å². The molecule has 2 fully saturated rings. The van der Waals surface area contributed by atoms with Crippen molar-refractivity contribution < 1.29 is 4.74 Å². The van der Waals surface area contributed by atoms with E-state index in [1.54, 1.807) is 0 Å². The third kappa shape index (κ3) is 4.95. The van der Waals surface area contributed by atoms with Gasteiger partial charge in [0.2, 0.25) is 0 Å². The number of nitrogens with one attached hydrogen (secondary N) is 1. The topological polar surface area (TPSA) is 21.3 Å². The average molecular weight is 285 g/mol. The van der Waals surface area contributed by atoms with Gasteiger partial charge in [0.15, 0.2) is 0 Å². The van der Waals surface area contributed by atoms with Crippen molar-refractivity contribution in [3.05, 3.63) is 0 Å². The SMILES string of the molecule is CCSCCC(C)NC1CCOC2(CCCCC2)C1. The zero-order valence-electron chi connectivity index (χ0n) is 12.7. The molecule has 0 aromatic heterocycles. The molecule has 19 heavy (non-hydrogen) atoms. The van der Waals surface area contributed by atoms with Gasteiger partial charge in [0, 0.05) is 18.7 Å². The van der Waals surface area contributed by atoms with Crippen LogP contribution in [-0.4, -0.2) is 35.8 Å². The van der Waals surface area contributed by atoms with E-state index in [4.69, 9.17) is 4.74 Å². The van der Waals surface area contributed by atoms with E-state index in [1.807, 2.05) is 0 Å². The van der Waals surface area contributed by atoms with Crippen molar-refractivity contribution >= 4 is 11.8 Å². The highest BCUT2D eigenvalue weighted by Gasteiger charge is 2.38. The Bertz CT molecular complexity index is 248. The van der Waals surface area contributed by atoms with Crippen LogP contribution in [0.1, 0.15) is 65.2 Å². The molecule has 1 heterocycles. The fourth-order valence-electron chi connectivity index (χ4n) is 3.60. The summed E-state index contributed by atoms with van der Waals surface area (Å²) < 4.78 is 6.17. The number of hydrogen-bond acceptors (Lipinski definition) is 3. The summed E-state index contributed by atoms with van der Waals surface area (Å²) in [6.45, 7) is 5.56. The van der Waals surface area contributed by atoms with Gasteiger partial charge >= 0.3 is 0 Å². The van der Waals surface area contributed by atoms with Crippen molar-refractivity contribution in [2.75, 3.05) is 18.1 Å². The Morgan fingerprint density at radius 2 is 2.11 bits per heavy atom. The van der Waals surface area contributed by atoms with Crippen LogP contribution in [0.4, 0.5) is 0 Å². The smallest absolute Gasteiger partial charge is 0.0697 e. The third-order valence-electron chi connectivity index (χ3n) is 4.68. The molecule has 2 unspecified atom stereocenters. The molecule has 0 aromatic rings. The van der Waals surface area contributed by atoms with E-state index in [0.29, 0.717) is 12.1 Å². The average Bonchev–Trinajstić information content (AvgIpc) is 2.40. The number of hydrogen-bond donors (Lipinski definition) is 1. The Morgan fingerprint density at radius 3 is 2.84 bits per heavy atom. The molecule has 1 spiro atoms. The van der Waals surface area contributed by atoms with Gasteiger partial charge in [0.05, 0.1) is 5.60 Å². The predicted molar refractivity (Wildman–Crippen MR) is 85.0 cm³/mol. The van der Waals surface area contributed by atoms with E-state index in [0.717, 1.165) is 6.61 Å². The second-order valence-corrected chi connectivity index (χ2v) is 7.73. The minimum Gasteiger partial charge on any atom is -0.375 e. The van der Waals surface area contributed by atoms with Crippen LogP contribution in [0.2, 0.25) is 0 Å². The summed E-state index contributed by atoms with van der Waals surface area (Å²) in [7, 11) is 0. The van der Waals surface area contributed by atoms with Crippen LogP contribution in [0, 0.1) is 0 Å². The zero-order chi connectivity index (χ0) is 13.6. The Kier molecular flexibility index (Phi) is 6.51. The third-order valence-corrected chi connectivity index (χ3v) is 5.61. The van der Waals surface area contributed by atoms with E-state index >= 15 is 0 Å². The van der Waals surface area contributed by atoms with E-state index in [2.05, 4.69) is 30.9 Å². The van der Waals surface area contributed by atoms with Gasteiger partial charge in [-0.1, -0.05) is 26.2 Å². The van der Waals surface area contributed by atoms with Crippen molar-refractivity contribution in [1.82, 2.24) is 5.32 Å². The van der Waals surface area contributed by atoms with Crippen LogP contribution >= 0.6 is 11.8 Å². The number of rotatable bonds is 6. The molecule has 3 heteroatoms. The number of thioether (sulfide) groups is 1. The first-order valence-electron chi connectivity index (χ1n) is 8.22. The van der Waals surface area contributed by atoms with Crippen molar-refractivity contribution in [2.45, 2.75) is 82.9 Å². The quantitative estimate of drug-likeness (QED) is 0.746. The Morgan fingerprint density at radius 1 is 1.32 bits per heavy atom. The van der Waals surface area contributed by atoms with E-state index in [1.165, 1.54) is 62.9 Å². The zero-order valence-corrected chi connectivity index (χ0v) is 13.6. The highest BCUT2D eigenvalue weighted by molar-refractivity contribution is 7.99. The standard InChI is InChI=1S/C16H31NOS/c1-3-19-12-8-14(2)17-15-7-11-18-16(13-15)9-5-4-6-10-16/h14-15,17H,3-13H2,1-2H3. The van der Waals surface area contributed by atoms with Gasteiger partial charge < -0.3 is 10.1 Å². The molecule has 2 atom stereocenters. The summed E-state index contributed by atoms with van der Waals surface area (Å²) in [5.41, 5.74) is 0.242. The minimum absolute atomic E-state index is 0.242. The summed E-state index contributed by atoms with van der Waals surface area (Å²) >= 11 is 2.06. The van der Waals surface area contributed by atoms with Crippen LogP contribution in [0.5, 0.6) is 0 Å². The lowest BCUT2D eigenvalue weighted by Crippen LogP contribution is -2.50. The molecule has 1 saturated carbocycles. The molecule has 1 N–H and O–H groups in total. The monoisotopic (exact) mass is 285 g/mol. The fraction of sp³-hybridized carbons (Fsp3) is 1.00. The highest BCUT2D eigenvalue weighted by atomic mass is 32.2. The molecule has 0 bridgehead atoms. The summed E-state index contributed by atoms with van der Waals surface area (Å²) in [6.07, 6.45) is 10.5. The maximum Gasteiger partial charge on any atom is 0.0697 e. The number of ether oxygens (including phenoxy) is 1. The molecular formula is C16H31NOS. The molecule has 2 nitrogen and oxygen atoms in total. The lowest BCUT2D eigenvalue weighted by molar-refractivity contribution is -0.109. The molecule has 0 aromatic carbocycles. The largest absolute Gasteiger partial charge is 0.375 e. The molecule has 0 amide bonds. The van der Waals surface area contributed by atoms with E-state index in [9.17, 15) is 0 Å². The van der Waals surface area contributed by atoms with Gasteiger partial charge in [-0.05, 0) is 50.5 Å². The van der Waals surface area contributed by atoms with Crippen molar-refractivity contribution in [3.63, 3.8) is 0 Å². The maximum atomic E-state index is 6.17. The first kappa shape index (κ1) is 15.7. The summed E-state index contributed by atoms with van der Waals surface area (Å²) in [5, 5.41) is 3.86. The molecular weight excluding hydrogens is 254 g/mol. The second-order valence-electron chi connectivity index (χ2n) is 6.34. The van der Waals surface area contributed by atoms with Crippen LogP contribution in [0.3, 0.4) is 0 Å². The van der Waals surface area contributed by atoms with Crippen LogP contribution in [0.15, 0.2) is 0 Å². The van der Waals surface area contributed by atoms with Crippen molar-refractivity contribution in [3.8, 4) is 0 Å². The first-order chi connectivity index (χ1) is 9.24. The maximum absolute atomic E-state index is 6.17. The van der Waals surface area contributed by atoms with Crippen molar-refractivity contribution in [2.24, 2.45) is 0 Å². The van der Waals surface area contributed by atoms with Crippen LogP contribution in [0.25, 0.3) is 0 Å². The minimum atomic E-state index is 0.242. The fourth-order valence-corrected chi connectivity index (χ4v) is 4.41. The van der Waals surface area contributed by atoms with Crippen LogP contribution < -0.4 is 5.32 Å². The Hall–Kier alpha value is 0.270. The molecule has 1 aliphatic carbocycles.